The quantitative estimate of drug-likeness (QED) is 0.475. The molecule has 150 valence electrons. The molecule has 3 aromatic carbocycles. The molecule has 0 heterocycles. The minimum absolute atomic E-state index is 0.102. The van der Waals surface area contributed by atoms with Crippen LogP contribution in [-0.2, 0) is 6.42 Å². The van der Waals surface area contributed by atoms with E-state index in [1.54, 1.807) is 24.3 Å². The Morgan fingerprint density at radius 3 is 2.38 bits per heavy atom. The summed E-state index contributed by atoms with van der Waals surface area (Å²) in [5.74, 6) is 1.33. The van der Waals surface area contributed by atoms with Gasteiger partial charge in [-0.3, -0.25) is 4.79 Å². The van der Waals surface area contributed by atoms with Gasteiger partial charge in [0.15, 0.2) is 0 Å². The van der Waals surface area contributed by atoms with Gasteiger partial charge in [0, 0.05) is 17.3 Å². The van der Waals surface area contributed by atoms with Gasteiger partial charge in [-0.25, -0.2) is 0 Å². The summed E-state index contributed by atoms with van der Waals surface area (Å²) in [7, 11) is 0. The Kier molecular flexibility index (Phi) is 7.28. The van der Waals surface area contributed by atoms with E-state index in [1.165, 1.54) is 5.56 Å². The van der Waals surface area contributed by atoms with Crippen LogP contribution in [0.1, 0.15) is 36.2 Å². The third-order valence-electron chi connectivity index (χ3n) is 4.30. The summed E-state index contributed by atoms with van der Waals surface area (Å²) in [6.07, 6.45) is 2.02. The van der Waals surface area contributed by atoms with E-state index in [-0.39, 0.29) is 12.0 Å². The number of hydrogen-bond acceptors (Lipinski definition) is 3. The summed E-state index contributed by atoms with van der Waals surface area (Å²) in [5, 5.41) is 2.92. The highest BCUT2D eigenvalue weighted by Gasteiger charge is 2.08. The van der Waals surface area contributed by atoms with Gasteiger partial charge in [0.1, 0.15) is 11.5 Å². The van der Waals surface area contributed by atoms with E-state index >= 15 is 0 Å². The maximum absolute atomic E-state index is 12.5. The van der Waals surface area contributed by atoms with Crippen molar-refractivity contribution in [2.75, 3.05) is 11.9 Å². The van der Waals surface area contributed by atoms with Crippen LogP contribution in [0.3, 0.4) is 0 Å². The van der Waals surface area contributed by atoms with E-state index in [2.05, 4.69) is 17.4 Å². The molecule has 0 spiro atoms. The molecule has 3 rings (SSSR count). The third-order valence-corrected chi connectivity index (χ3v) is 4.30. The number of carbonyl (C=O) groups excluding carboxylic acids is 1. The second kappa shape index (κ2) is 10.3. The Balaban J connectivity index is 1.50. The van der Waals surface area contributed by atoms with Crippen molar-refractivity contribution >= 4 is 11.6 Å². The number of benzene rings is 3. The molecule has 0 aliphatic heterocycles. The van der Waals surface area contributed by atoms with Gasteiger partial charge < -0.3 is 14.8 Å². The molecule has 0 atom stereocenters. The maximum atomic E-state index is 12.5. The highest BCUT2D eigenvalue weighted by Crippen LogP contribution is 2.20. The first-order chi connectivity index (χ1) is 14.1. The number of aryl methyl sites for hydroxylation is 1. The van der Waals surface area contributed by atoms with E-state index in [1.807, 2.05) is 56.3 Å². The highest BCUT2D eigenvalue weighted by molar-refractivity contribution is 6.04. The van der Waals surface area contributed by atoms with Crippen LogP contribution in [0.5, 0.6) is 11.5 Å². The van der Waals surface area contributed by atoms with Crippen LogP contribution in [0.2, 0.25) is 0 Å². The lowest BCUT2D eigenvalue weighted by Crippen LogP contribution is -2.12. The molecule has 0 bridgehead atoms. The topological polar surface area (TPSA) is 47.6 Å². The normalized spacial score (nSPS) is 10.6. The van der Waals surface area contributed by atoms with Crippen LogP contribution in [0.25, 0.3) is 0 Å². The fourth-order valence-electron chi connectivity index (χ4n) is 2.93. The Labute approximate surface area is 172 Å². The number of hydrogen-bond donors (Lipinski definition) is 1. The molecule has 0 saturated heterocycles. The maximum Gasteiger partial charge on any atom is 0.255 e. The summed E-state index contributed by atoms with van der Waals surface area (Å²) in [4.78, 5) is 12.5. The minimum atomic E-state index is -0.165. The fraction of sp³-hybridized carbons (Fsp3) is 0.240. The van der Waals surface area contributed by atoms with Crippen LogP contribution >= 0.6 is 0 Å². The summed E-state index contributed by atoms with van der Waals surface area (Å²) in [6.45, 7) is 4.57. The number of ether oxygens (including phenoxy) is 2. The van der Waals surface area contributed by atoms with Crippen LogP contribution in [0.4, 0.5) is 5.69 Å². The number of carbonyl (C=O) groups is 1. The first-order valence-corrected chi connectivity index (χ1v) is 9.95. The monoisotopic (exact) mass is 389 g/mol. The van der Waals surface area contributed by atoms with Gasteiger partial charge in [0.05, 0.1) is 12.7 Å². The lowest BCUT2D eigenvalue weighted by molar-refractivity contribution is 0.102. The van der Waals surface area contributed by atoms with Crippen molar-refractivity contribution in [2.24, 2.45) is 0 Å². The first kappa shape index (κ1) is 20.5. The second-order valence-corrected chi connectivity index (χ2v) is 7.11. The van der Waals surface area contributed by atoms with E-state index in [4.69, 9.17) is 9.47 Å². The van der Waals surface area contributed by atoms with Gasteiger partial charge in [0.25, 0.3) is 5.91 Å². The molecule has 29 heavy (non-hydrogen) atoms. The number of nitrogens with one attached hydrogen (secondary N) is 1. The molecule has 0 aromatic heterocycles. The Hall–Kier alpha value is -3.27. The van der Waals surface area contributed by atoms with Gasteiger partial charge in [-0.2, -0.15) is 0 Å². The molecule has 1 amide bonds. The van der Waals surface area contributed by atoms with Crippen molar-refractivity contribution in [1.82, 2.24) is 0 Å². The highest BCUT2D eigenvalue weighted by atomic mass is 16.5. The molecule has 0 aliphatic rings. The number of amides is 1. The van der Waals surface area contributed by atoms with Crippen molar-refractivity contribution in [2.45, 2.75) is 32.8 Å². The zero-order chi connectivity index (χ0) is 20.5. The average Bonchev–Trinajstić information content (AvgIpc) is 2.72. The average molecular weight is 389 g/mol. The Morgan fingerprint density at radius 1 is 0.897 bits per heavy atom. The predicted octanol–water partition coefficient (Wildman–Crippen LogP) is 5.74. The first-order valence-electron chi connectivity index (χ1n) is 9.95. The molecular weight excluding hydrogens is 362 g/mol. The van der Waals surface area contributed by atoms with E-state index in [0.29, 0.717) is 17.9 Å². The molecule has 0 radical (unpaired) electrons. The van der Waals surface area contributed by atoms with Gasteiger partial charge in [0.2, 0.25) is 0 Å². The summed E-state index contributed by atoms with van der Waals surface area (Å²) >= 11 is 0. The van der Waals surface area contributed by atoms with Gasteiger partial charge >= 0.3 is 0 Å². The van der Waals surface area contributed by atoms with Crippen molar-refractivity contribution in [3.05, 3.63) is 90.0 Å². The zero-order valence-electron chi connectivity index (χ0n) is 16.9. The van der Waals surface area contributed by atoms with E-state index in [9.17, 15) is 4.79 Å². The summed E-state index contributed by atoms with van der Waals surface area (Å²) < 4.78 is 11.5. The van der Waals surface area contributed by atoms with Gasteiger partial charge in [-0.15, -0.1) is 0 Å². The molecule has 0 aliphatic carbocycles. The van der Waals surface area contributed by atoms with E-state index in [0.717, 1.165) is 24.3 Å². The molecular formula is C25H27NO3. The smallest absolute Gasteiger partial charge is 0.255 e. The SMILES string of the molecule is CC(C)Oc1ccc(C(=O)Nc2cccc(OCCCc3ccccc3)c2)cc1. The number of rotatable bonds is 9. The summed E-state index contributed by atoms with van der Waals surface area (Å²) in [6, 6.07) is 25.0. The largest absolute Gasteiger partial charge is 0.494 e. The molecule has 0 fully saturated rings. The molecule has 0 unspecified atom stereocenters. The van der Waals surface area contributed by atoms with Gasteiger partial charge in [-0.1, -0.05) is 36.4 Å². The molecule has 4 nitrogen and oxygen atoms in total. The van der Waals surface area contributed by atoms with E-state index < -0.39 is 0 Å². The van der Waals surface area contributed by atoms with Crippen molar-refractivity contribution < 1.29 is 14.3 Å². The van der Waals surface area contributed by atoms with Crippen LogP contribution in [0.15, 0.2) is 78.9 Å². The molecule has 3 aromatic rings. The fourth-order valence-corrected chi connectivity index (χ4v) is 2.93. The standard InChI is InChI=1S/C25H27NO3/c1-19(2)29-23-15-13-21(14-16-23)25(27)26-22-11-6-12-24(18-22)28-17-7-10-20-8-4-3-5-9-20/h3-6,8-9,11-16,18-19H,7,10,17H2,1-2H3,(H,26,27). The minimum Gasteiger partial charge on any atom is -0.494 e. The van der Waals surface area contributed by atoms with Gasteiger partial charge in [-0.05, 0) is 68.7 Å². The van der Waals surface area contributed by atoms with Crippen LogP contribution in [-0.4, -0.2) is 18.6 Å². The second-order valence-electron chi connectivity index (χ2n) is 7.11. The van der Waals surface area contributed by atoms with Crippen molar-refractivity contribution in [3.8, 4) is 11.5 Å². The lowest BCUT2D eigenvalue weighted by atomic mass is 10.1. The van der Waals surface area contributed by atoms with Crippen LogP contribution in [0, 0.1) is 0 Å². The molecule has 1 N–H and O–H groups in total. The van der Waals surface area contributed by atoms with Crippen molar-refractivity contribution in [3.63, 3.8) is 0 Å². The predicted molar refractivity (Wildman–Crippen MR) is 117 cm³/mol. The Morgan fingerprint density at radius 2 is 1.66 bits per heavy atom. The number of anilines is 1. The van der Waals surface area contributed by atoms with Crippen LogP contribution < -0.4 is 14.8 Å². The lowest BCUT2D eigenvalue weighted by Gasteiger charge is -2.11. The third kappa shape index (κ3) is 6.68. The zero-order valence-corrected chi connectivity index (χ0v) is 16.9. The molecule has 0 saturated carbocycles. The van der Waals surface area contributed by atoms with Crippen molar-refractivity contribution in [1.29, 1.82) is 0 Å². The Bertz CT molecular complexity index is 905. The summed E-state index contributed by atoms with van der Waals surface area (Å²) in [5.41, 5.74) is 2.59. The molecule has 4 heteroatoms.